The molecule has 0 radical (unpaired) electrons. The molecule has 0 aliphatic rings. The van der Waals surface area contributed by atoms with Crippen molar-refractivity contribution >= 4 is 22.6 Å². The van der Waals surface area contributed by atoms with Crippen LogP contribution in [0.4, 0.5) is 0 Å². The maximum Gasteiger partial charge on any atom is 0.0130 e. The highest BCUT2D eigenvalue weighted by atomic mass is 127. The molecule has 0 aliphatic carbocycles. The Morgan fingerprint density at radius 1 is 1.14 bits per heavy atom. The zero-order chi connectivity index (χ0) is 10.6. The summed E-state index contributed by atoms with van der Waals surface area (Å²) < 4.78 is 1.32. The molecule has 0 unspecified atom stereocenters. The lowest BCUT2D eigenvalue weighted by Gasteiger charge is -2.20. The molecular weight excluding hydrogens is 283 g/mol. The third kappa shape index (κ3) is 3.26. The van der Waals surface area contributed by atoms with Gasteiger partial charge in [-0.1, -0.05) is 39.3 Å². The van der Waals surface area contributed by atoms with Crippen LogP contribution in [0.3, 0.4) is 0 Å². The molecule has 1 heteroatoms. The first-order valence-electron chi connectivity index (χ1n) is 5.40. The summed E-state index contributed by atoms with van der Waals surface area (Å²) in [6.45, 7) is 6.90. The first kappa shape index (κ1) is 12.0. The number of hydrogen-bond acceptors (Lipinski definition) is 0. The highest BCUT2D eigenvalue weighted by Gasteiger charge is 2.14. The Hall–Kier alpha value is -0.0500. The van der Waals surface area contributed by atoms with E-state index in [-0.39, 0.29) is 0 Å². The number of rotatable bonds is 4. The average Bonchev–Trinajstić information content (AvgIpc) is 2.15. The van der Waals surface area contributed by atoms with Crippen molar-refractivity contribution in [3.05, 3.63) is 33.4 Å². The summed E-state index contributed by atoms with van der Waals surface area (Å²) in [7, 11) is 0. The van der Waals surface area contributed by atoms with Crippen LogP contribution in [-0.2, 0) is 0 Å². The van der Waals surface area contributed by atoms with Crippen molar-refractivity contribution in [2.75, 3.05) is 0 Å². The van der Waals surface area contributed by atoms with E-state index in [0.29, 0.717) is 0 Å². The van der Waals surface area contributed by atoms with Crippen LogP contribution in [-0.4, -0.2) is 0 Å². The largest absolute Gasteiger partial charge is 0.0654 e. The first-order chi connectivity index (χ1) is 6.65. The lowest BCUT2D eigenvalue weighted by molar-refractivity contribution is 0.463. The molecule has 0 aromatic heterocycles. The fraction of sp³-hybridized carbons (Fsp3) is 0.538. The summed E-state index contributed by atoms with van der Waals surface area (Å²) in [6.07, 6.45) is 2.58. The van der Waals surface area contributed by atoms with E-state index in [9.17, 15) is 0 Å². The van der Waals surface area contributed by atoms with Crippen LogP contribution in [0.2, 0.25) is 0 Å². The normalized spacial score (nSPS) is 13.2. The lowest BCUT2D eigenvalue weighted by Crippen LogP contribution is -2.06. The van der Waals surface area contributed by atoms with Crippen LogP contribution in [0.5, 0.6) is 0 Å². The quantitative estimate of drug-likeness (QED) is 0.699. The fourth-order valence-electron chi connectivity index (χ4n) is 1.91. The van der Waals surface area contributed by atoms with Crippen molar-refractivity contribution in [3.63, 3.8) is 0 Å². The summed E-state index contributed by atoms with van der Waals surface area (Å²) in [5.74, 6) is 1.48. The topological polar surface area (TPSA) is 0 Å². The molecule has 0 aliphatic heterocycles. The molecule has 78 valence electrons. The van der Waals surface area contributed by atoms with Gasteiger partial charge in [0, 0.05) is 3.57 Å². The summed E-state index contributed by atoms with van der Waals surface area (Å²) >= 11 is 2.36. The molecule has 1 aromatic rings. The first-order valence-corrected chi connectivity index (χ1v) is 6.48. The molecular formula is C13H19I. The lowest BCUT2D eigenvalue weighted by atomic mass is 9.85. The van der Waals surface area contributed by atoms with Gasteiger partial charge in [-0.25, -0.2) is 0 Å². The molecule has 0 fully saturated rings. The number of benzene rings is 1. The second-order valence-corrected chi connectivity index (χ2v) is 5.44. The van der Waals surface area contributed by atoms with Gasteiger partial charge >= 0.3 is 0 Å². The molecule has 14 heavy (non-hydrogen) atoms. The Morgan fingerprint density at radius 3 is 2.14 bits per heavy atom. The minimum Gasteiger partial charge on any atom is -0.0654 e. The fourth-order valence-corrected chi connectivity index (χ4v) is 2.27. The van der Waals surface area contributed by atoms with Gasteiger partial charge in [0.05, 0.1) is 0 Å². The molecule has 0 spiro atoms. The van der Waals surface area contributed by atoms with E-state index >= 15 is 0 Å². The Balaban J connectivity index is 2.82. The maximum atomic E-state index is 2.36. The molecule has 1 aromatic carbocycles. The number of halogens is 1. The second-order valence-electron chi connectivity index (χ2n) is 4.19. The molecule has 0 saturated heterocycles. The van der Waals surface area contributed by atoms with Gasteiger partial charge in [0.15, 0.2) is 0 Å². The highest BCUT2D eigenvalue weighted by Crippen LogP contribution is 2.29. The summed E-state index contributed by atoms with van der Waals surface area (Å²) in [5.41, 5.74) is 1.50. The Morgan fingerprint density at radius 2 is 1.71 bits per heavy atom. The molecule has 0 amide bonds. The molecule has 0 saturated carbocycles. The third-order valence-corrected chi connectivity index (χ3v) is 3.42. The van der Waals surface area contributed by atoms with Crippen molar-refractivity contribution in [1.82, 2.24) is 0 Å². The van der Waals surface area contributed by atoms with Gasteiger partial charge < -0.3 is 0 Å². The molecule has 0 bridgehead atoms. The highest BCUT2D eigenvalue weighted by molar-refractivity contribution is 14.1. The van der Waals surface area contributed by atoms with E-state index in [2.05, 4.69) is 67.6 Å². The molecule has 1 atom stereocenters. The molecule has 1 rings (SSSR count). The van der Waals surface area contributed by atoms with Gasteiger partial charge in [0.25, 0.3) is 0 Å². The van der Waals surface area contributed by atoms with Gasteiger partial charge in [-0.05, 0) is 58.5 Å². The van der Waals surface area contributed by atoms with Crippen molar-refractivity contribution in [3.8, 4) is 0 Å². The van der Waals surface area contributed by atoms with Crippen LogP contribution in [0.1, 0.15) is 45.1 Å². The Labute approximate surface area is 101 Å². The van der Waals surface area contributed by atoms with Crippen LogP contribution >= 0.6 is 22.6 Å². The monoisotopic (exact) mass is 302 g/mol. The molecule has 0 heterocycles. The van der Waals surface area contributed by atoms with Gasteiger partial charge in [0.1, 0.15) is 0 Å². The van der Waals surface area contributed by atoms with Crippen molar-refractivity contribution < 1.29 is 0 Å². The van der Waals surface area contributed by atoms with Gasteiger partial charge in [-0.2, -0.15) is 0 Å². The van der Waals surface area contributed by atoms with E-state index in [1.54, 1.807) is 0 Å². The van der Waals surface area contributed by atoms with Gasteiger partial charge in [0.2, 0.25) is 0 Å². The zero-order valence-corrected chi connectivity index (χ0v) is 11.4. The second kappa shape index (κ2) is 5.74. The van der Waals surface area contributed by atoms with E-state index in [4.69, 9.17) is 0 Å². The smallest absolute Gasteiger partial charge is 0.0130 e. The van der Waals surface area contributed by atoms with Crippen molar-refractivity contribution in [1.29, 1.82) is 0 Å². The predicted octanol–water partition coefficient (Wildman–Crippen LogP) is 4.83. The summed E-state index contributed by atoms with van der Waals surface area (Å²) in [4.78, 5) is 0. The SMILES string of the molecule is CCC[C@H](c1ccc(I)cc1)C(C)C. The third-order valence-electron chi connectivity index (χ3n) is 2.70. The van der Waals surface area contributed by atoms with Crippen molar-refractivity contribution in [2.45, 2.75) is 39.5 Å². The predicted molar refractivity (Wildman–Crippen MR) is 71.6 cm³/mol. The standard InChI is InChI=1S/C13H19I/c1-4-5-13(10(2)3)11-6-8-12(14)9-7-11/h6-10,13H,4-5H2,1-3H3/t13-/m0/s1. The van der Waals surface area contributed by atoms with E-state index in [0.717, 1.165) is 11.8 Å². The van der Waals surface area contributed by atoms with Gasteiger partial charge in [-0.15, -0.1) is 0 Å². The van der Waals surface area contributed by atoms with E-state index < -0.39 is 0 Å². The molecule has 0 nitrogen and oxygen atoms in total. The summed E-state index contributed by atoms with van der Waals surface area (Å²) in [5, 5.41) is 0. The maximum absolute atomic E-state index is 2.36. The van der Waals surface area contributed by atoms with E-state index in [1.807, 2.05) is 0 Å². The molecule has 0 N–H and O–H groups in total. The van der Waals surface area contributed by atoms with E-state index in [1.165, 1.54) is 22.0 Å². The zero-order valence-electron chi connectivity index (χ0n) is 9.26. The Bertz CT molecular complexity index is 261. The minimum absolute atomic E-state index is 0.733. The summed E-state index contributed by atoms with van der Waals surface area (Å²) in [6, 6.07) is 8.98. The minimum atomic E-state index is 0.733. The van der Waals surface area contributed by atoms with Crippen LogP contribution in [0, 0.1) is 9.49 Å². The van der Waals surface area contributed by atoms with Crippen LogP contribution < -0.4 is 0 Å². The van der Waals surface area contributed by atoms with Crippen LogP contribution in [0.25, 0.3) is 0 Å². The number of hydrogen-bond donors (Lipinski definition) is 0. The Kier molecular flexibility index (Phi) is 4.93. The van der Waals surface area contributed by atoms with Gasteiger partial charge in [-0.3, -0.25) is 0 Å². The van der Waals surface area contributed by atoms with Crippen molar-refractivity contribution in [2.24, 2.45) is 5.92 Å². The van der Waals surface area contributed by atoms with Crippen LogP contribution in [0.15, 0.2) is 24.3 Å². The average molecular weight is 302 g/mol.